The highest BCUT2D eigenvalue weighted by atomic mass is 16.7. The van der Waals surface area contributed by atoms with Gasteiger partial charge in [0.05, 0.1) is 17.8 Å². The molecular weight excluding hydrogens is 440 g/mol. The average Bonchev–Trinajstić information content (AvgIpc) is 2.79. The van der Waals surface area contributed by atoms with Gasteiger partial charge >= 0.3 is 5.97 Å². The summed E-state index contributed by atoms with van der Waals surface area (Å²) in [5.74, 6) is -2.30. The van der Waals surface area contributed by atoms with Gasteiger partial charge in [-0.2, -0.15) is 0 Å². The van der Waals surface area contributed by atoms with Gasteiger partial charge in [-0.05, 0) is 67.1 Å². The normalized spacial score (nSPS) is 43.6. The molecule has 2 aliphatic heterocycles. The number of carbonyl (C=O) groups excluding carboxylic acids is 2. The second-order valence-electron chi connectivity index (χ2n) is 10.8. The van der Waals surface area contributed by atoms with Crippen molar-refractivity contribution in [3.63, 3.8) is 0 Å². The molecule has 9 nitrogen and oxygen atoms in total. The van der Waals surface area contributed by atoms with Crippen molar-refractivity contribution in [2.24, 2.45) is 17.8 Å². The van der Waals surface area contributed by atoms with E-state index in [0.717, 1.165) is 0 Å². The molecule has 0 aliphatic carbocycles. The number of aliphatic hydroxyl groups is 1. The van der Waals surface area contributed by atoms with Crippen LogP contribution in [0.15, 0.2) is 0 Å². The van der Waals surface area contributed by atoms with Crippen LogP contribution in [0.25, 0.3) is 0 Å². The van der Waals surface area contributed by atoms with Crippen molar-refractivity contribution < 1.29 is 33.6 Å². The van der Waals surface area contributed by atoms with Gasteiger partial charge in [-0.3, -0.25) is 9.59 Å². The van der Waals surface area contributed by atoms with Crippen molar-refractivity contribution in [3.8, 4) is 0 Å². The summed E-state index contributed by atoms with van der Waals surface area (Å²) in [4.78, 5) is 28.0. The Morgan fingerprint density at radius 2 is 1.79 bits per heavy atom. The zero-order valence-electron chi connectivity index (χ0n) is 22.4. The molecule has 2 aliphatic rings. The number of nitrogens with zero attached hydrogens (tertiary/aromatic N) is 1. The lowest BCUT2D eigenvalue weighted by molar-refractivity contribution is -0.295. The van der Waals surface area contributed by atoms with Crippen LogP contribution in [0.1, 0.15) is 54.4 Å². The zero-order valence-corrected chi connectivity index (χ0v) is 22.4. The topological polar surface area (TPSA) is 107 Å². The molecule has 2 fully saturated rings. The zero-order chi connectivity index (χ0) is 25.8. The molecule has 3 unspecified atom stereocenters. The number of esters is 1. The maximum atomic E-state index is 13.4. The molecule has 0 bridgehead atoms. The summed E-state index contributed by atoms with van der Waals surface area (Å²) in [6, 6.07) is -0.190. The first-order valence-electron chi connectivity index (χ1n) is 12.4. The van der Waals surface area contributed by atoms with E-state index in [9.17, 15) is 14.7 Å². The van der Waals surface area contributed by atoms with Crippen LogP contribution in [0.2, 0.25) is 0 Å². The maximum absolute atomic E-state index is 13.4. The van der Waals surface area contributed by atoms with Gasteiger partial charge in [0.25, 0.3) is 0 Å². The lowest BCUT2D eigenvalue weighted by Gasteiger charge is -2.46. The smallest absolute Gasteiger partial charge is 0.316 e. The van der Waals surface area contributed by atoms with Gasteiger partial charge in [0.1, 0.15) is 18.6 Å². The maximum Gasteiger partial charge on any atom is 0.316 e. The van der Waals surface area contributed by atoms with E-state index in [-0.39, 0.29) is 36.5 Å². The lowest BCUT2D eigenvalue weighted by Crippen LogP contribution is -2.59. The Kier molecular flexibility index (Phi) is 10.5. The average molecular weight is 487 g/mol. The van der Waals surface area contributed by atoms with Crippen LogP contribution in [0, 0.1) is 17.8 Å². The van der Waals surface area contributed by atoms with E-state index in [2.05, 4.69) is 12.2 Å². The Bertz CT molecular complexity index is 690. The first kappa shape index (κ1) is 29.1. The highest BCUT2D eigenvalue weighted by molar-refractivity contribution is 5.99. The van der Waals surface area contributed by atoms with Crippen molar-refractivity contribution in [3.05, 3.63) is 0 Å². The third-order valence-corrected chi connectivity index (χ3v) is 7.35. The minimum absolute atomic E-state index is 0.0389. The Balaban J connectivity index is 2.43. The van der Waals surface area contributed by atoms with E-state index in [0.29, 0.717) is 19.4 Å². The van der Waals surface area contributed by atoms with Crippen molar-refractivity contribution >= 4 is 11.8 Å². The minimum atomic E-state index is -0.946. The van der Waals surface area contributed by atoms with E-state index in [1.807, 2.05) is 39.8 Å². The number of hydrogen-bond donors (Lipinski definition) is 2. The molecule has 34 heavy (non-hydrogen) atoms. The Labute approximate surface area is 204 Å². The van der Waals surface area contributed by atoms with Gasteiger partial charge in [0, 0.05) is 25.1 Å². The van der Waals surface area contributed by atoms with Crippen LogP contribution in [0.4, 0.5) is 0 Å². The number of cyclic esters (lactones) is 1. The summed E-state index contributed by atoms with van der Waals surface area (Å²) < 4.78 is 23.9. The number of ether oxygens (including phenoxy) is 4. The molecule has 0 spiro atoms. The van der Waals surface area contributed by atoms with Gasteiger partial charge < -0.3 is 34.3 Å². The number of nitrogens with one attached hydrogen (secondary N) is 1. The fourth-order valence-corrected chi connectivity index (χ4v) is 5.12. The Hall–Kier alpha value is -1.10. The van der Waals surface area contributed by atoms with Crippen LogP contribution < -0.4 is 5.32 Å². The largest absolute Gasteiger partial charge is 0.464 e. The predicted octanol–water partition coefficient (Wildman–Crippen LogP) is 1.61. The van der Waals surface area contributed by atoms with Crippen LogP contribution in [0.5, 0.6) is 0 Å². The summed E-state index contributed by atoms with van der Waals surface area (Å²) >= 11 is 0. The number of methoxy groups -OCH3 is 1. The van der Waals surface area contributed by atoms with E-state index in [1.165, 1.54) is 0 Å². The molecule has 2 heterocycles. The van der Waals surface area contributed by atoms with Crippen LogP contribution in [-0.4, -0.2) is 98.4 Å². The highest BCUT2D eigenvalue weighted by Gasteiger charge is 2.48. The molecule has 2 rings (SSSR count). The van der Waals surface area contributed by atoms with Crippen molar-refractivity contribution in [1.82, 2.24) is 10.2 Å². The molecule has 0 radical (unpaired) electrons. The summed E-state index contributed by atoms with van der Waals surface area (Å²) in [6.07, 6.45) is -1.45. The molecule has 0 aromatic carbocycles. The van der Waals surface area contributed by atoms with E-state index in [4.69, 9.17) is 18.9 Å². The third-order valence-electron chi connectivity index (χ3n) is 7.35. The van der Waals surface area contributed by atoms with Gasteiger partial charge in [0.15, 0.2) is 12.1 Å². The fraction of sp³-hybridized carbons (Fsp3) is 0.920. The molecule has 0 aromatic heterocycles. The number of hydrogen-bond acceptors (Lipinski definition) is 9. The molecule has 0 aromatic rings. The van der Waals surface area contributed by atoms with Gasteiger partial charge in [-0.1, -0.05) is 13.8 Å². The van der Waals surface area contributed by atoms with E-state index >= 15 is 0 Å². The summed E-state index contributed by atoms with van der Waals surface area (Å²) in [5.41, 5.74) is -0.867. The SMILES string of the molecule is CO[C@]1(C)C[C@@H](C)CN[C@H](C)COC(=O)[C@H](C)C(=O)[C@H](C)[C@H]1O[C@@H]1OC(C)CC(N(C)C)C1O. The molecular formula is C25H46N2O7. The molecule has 9 heteroatoms. The summed E-state index contributed by atoms with van der Waals surface area (Å²) in [7, 11) is 5.43. The number of Topliss-reactive ketones (excluding diaryl/α,β-unsaturated/α-hetero) is 1. The Morgan fingerprint density at radius 1 is 1.15 bits per heavy atom. The first-order valence-corrected chi connectivity index (χ1v) is 12.4. The second-order valence-corrected chi connectivity index (χ2v) is 10.8. The first-order chi connectivity index (χ1) is 15.8. The molecule has 0 amide bonds. The molecule has 2 saturated heterocycles. The van der Waals surface area contributed by atoms with Gasteiger partial charge in [0.2, 0.25) is 0 Å². The summed E-state index contributed by atoms with van der Waals surface area (Å²) in [6.45, 7) is 12.1. The third kappa shape index (κ3) is 6.98. The number of rotatable bonds is 4. The van der Waals surface area contributed by atoms with Crippen LogP contribution >= 0.6 is 0 Å². The van der Waals surface area contributed by atoms with Crippen LogP contribution in [-0.2, 0) is 28.5 Å². The lowest BCUT2D eigenvalue weighted by atomic mass is 9.78. The number of likely N-dealkylation sites (N-methyl/N-ethyl adjacent to an activating group) is 1. The van der Waals surface area contributed by atoms with E-state index < -0.39 is 41.9 Å². The fourth-order valence-electron chi connectivity index (χ4n) is 5.12. The minimum Gasteiger partial charge on any atom is -0.464 e. The number of ketones is 1. The van der Waals surface area contributed by atoms with Gasteiger partial charge in [-0.15, -0.1) is 0 Å². The van der Waals surface area contributed by atoms with Crippen molar-refractivity contribution in [2.45, 2.75) is 96.7 Å². The molecule has 0 saturated carbocycles. The highest BCUT2D eigenvalue weighted by Crippen LogP contribution is 2.36. The second kappa shape index (κ2) is 12.2. The number of aliphatic hydroxyl groups excluding tert-OH is 1. The quantitative estimate of drug-likeness (QED) is 0.453. The molecule has 2 N–H and O–H groups in total. The molecule has 10 atom stereocenters. The Morgan fingerprint density at radius 3 is 2.38 bits per heavy atom. The van der Waals surface area contributed by atoms with E-state index in [1.54, 1.807) is 21.0 Å². The number of carbonyl (C=O) groups is 2. The van der Waals surface area contributed by atoms with Crippen LogP contribution in [0.3, 0.4) is 0 Å². The van der Waals surface area contributed by atoms with Gasteiger partial charge in [-0.25, -0.2) is 0 Å². The van der Waals surface area contributed by atoms with Crippen molar-refractivity contribution in [1.29, 1.82) is 0 Å². The molecule has 198 valence electrons. The predicted molar refractivity (Wildman–Crippen MR) is 128 cm³/mol. The monoisotopic (exact) mass is 486 g/mol. The standard InChI is InChI=1S/C25H46N2O7/c1-14-11-25(6,31-9)22(34-24-21(29)19(27(7)8)10-16(3)33-24)17(4)20(28)18(5)23(30)32-13-15(2)26-12-14/h14-19,21-22,24,26,29H,10-13H2,1-9H3/t14-,15-,16?,17+,18-,19?,21?,22-,24+,25-/m1/s1. The summed E-state index contributed by atoms with van der Waals surface area (Å²) in [5, 5.41) is 14.5. The van der Waals surface area contributed by atoms with Crippen molar-refractivity contribution in [2.75, 3.05) is 34.4 Å².